The van der Waals surface area contributed by atoms with Gasteiger partial charge in [0.25, 0.3) is 0 Å². The summed E-state index contributed by atoms with van der Waals surface area (Å²) < 4.78 is 5.57. The van der Waals surface area contributed by atoms with Crippen LogP contribution in [0.2, 0.25) is 0 Å². The summed E-state index contributed by atoms with van der Waals surface area (Å²) in [5.41, 5.74) is 0.886. The minimum atomic E-state index is -0.339. The summed E-state index contributed by atoms with van der Waals surface area (Å²) in [5.74, 6) is -0.273. The Hall–Kier alpha value is -1.03. The fourth-order valence-electron chi connectivity index (χ4n) is 1.06. The van der Waals surface area contributed by atoms with Gasteiger partial charge in [0.2, 0.25) is 0 Å². The second-order valence-electron chi connectivity index (χ2n) is 2.90. The molecule has 1 rings (SSSR count). The standard InChI is InChI=1S/C10H12BrNO2/c1-7(10(13)14-2)12-9-5-3-4-8(11)6-9/h3-7,12H,1-2H3/t7-/m0/s1. The number of ether oxygens (including phenoxy) is 1. The van der Waals surface area contributed by atoms with E-state index in [4.69, 9.17) is 0 Å². The fraction of sp³-hybridized carbons (Fsp3) is 0.300. The van der Waals surface area contributed by atoms with Crippen LogP contribution >= 0.6 is 15.9 Å². The number of anilines is 1. The maximum atomic E-state index is 11.1. The summed E-state index contributed by atoms with van der Waals surface area (Å²) in [5, 5.41) is 3.03. The van der Waals surface area contributed by atoms with Crippen molar-refractivity contribution in [2.75, 3.05) is 12.4 Å². The van der Waals surface area contributed by atoms with E-state index in [9.17, 15) is 4.79 Å². The number of methoxy groups -OCH3 is 1. The van der Waals surface area contributed by atoms with Gasteiger partial charge in [-0.2, -0.15) is 0 Å². The molecule has 0 spiro atoms. The molecule has 0 heterocycles. The highest BCUT2D eigenvalue weighted by Gasteiger charge is 2.11. The number of carbonyl (C=O) groups is 1. The Bertz CT molecular complexity index is 328. The van der Waals surface area contributed by atoms with Gasteiger partial charge in [-0.3, -0.25) is 0 Å². The van der Waals surface area contributed by atoms with Crippen molar-refractivity contribution in [3.05, 3.63) is 28.7 Å². The van der Waals surface area contributed by atoms with Crippen LogP contribution in [0.1, 0.15) is 6.92 Å². The molecular formula is C10H12BrNO2. The van der Waals surface area contributed by atoms with Gasteiger partial charge in [-0.1, -0.05) is 22.0 Å². The predicted molar refractivity (Wildman–Crippen MR) is 59.2 cm³/mol. The number of carbonyl (C=O) groups excluding carboxylic acids is 1. The van der Waals surface area contributed by atoms with E-state index in [0.29, 0.717) is 0 Å². The van der Waals surface area contributed by atoms with E-state index in [1.165, 1.54) is 7.11 Å². The zero-order valence-electron chi connectivity index (χ0n) is 8.08. The van der Waals surface area contributed by atoms with Gasteiger partial charge in [0.05, 0.1) is 7.11 Å². The van der Waals surface area contributed by atoms with Crippen molar-refractivity contribution in [1.82, 2.24) is 0 Å². The van der Waals surface area contributed by atoms with Crippen molar-refractivity contribution in [3.63, 3.8) is 0 Å². The molecule has 0 saturated carbocycles. The molecule has 0 aliphatic heterocycles. The van der Waals surface area contributed by atoms with Crippen molar-refractivity contribution in [1.29, 1.82) is 0 Å². The largest absolute Gasteiger partial charge is 0.467 e. The van der Waals surface area contributed by atoms with Crippen LogP contribution in [0.3, 0.4) is 0 Å². The molecule has 1 aromatic carbocycles. The lowest BCUT2D eigenvalue weighted by molar-refractivity contribution is -0.141. The Morgan fingerprint density at radius 2 is 2.29 bits per heavy atom. The molecule has 3 nitrogen and oxygen atoms in total. The number of benzene rings is 1. The molecule has 0 saturated heterocycles. The van der Waals surface area contributed by atoms with Crippen molar-refractivity contribution in [2.24, 2.45) is 0 Å². The molecule has 14 heavy (non-hydrogen) atoms. The van der Waals surface area contributed by atoms with Crippen molar-refractivity contribution >= 4 is 27.6 Å². The highest BCUT2D eigenvalue weighted by Crippen LogP contribution is 2.16. The van der Waals surface area contributed by atoms with Crippen molar-refractivity contribution in [3.8, 4) is 0 Å². The molecule has 0 radical (unpaired) electrons. The third-order valence-electron chi connectivity index (χ3n) is 1.76. The third-order valence-corrected chi connectivity index (χ3v) is 2.26. The van der Waals surface area contributed by atoms with Crippen LogP contribution in [0.15, 0.2) is 28.7 Å². The lowest BCUT2D eigenvalue weighted by Gasteiger charge is -2.12. The molecule has 0 bridgehead atoms. The van der Waals surface area contributed by atoms with Crippen molar-refractivity contribution in [2.45, 2.75) is 13.0 Å². The summed E-state index contributed by atoms with van der Waals surface area (Å²) in [6, 6.07) is 7.28. The van der Waals surface area contributed by atoms with Gasteiger partial charge in [0.1, 0.15) is 6.04 Å². The summed E-state index contributed by atoms with van der Waals surface area (Å²) in [7, 11) is 1.38. The Morgan fingerprint density at radius 1 is 1.57 bits per heavy atom. The van der Waals surface area contributed by atoms with Crippen LogP contribution in [0, 0.1) is 0 Å². The molecular weight excluding hydrogens is 246 g/mol. The first-order valence-electron chi connectivity index (χ1n) is 4.23. The average Bonchev–Trinajstić information content (AvgIpc) is 2.16. The van der Waals surface area contributed by atoms with Crippen LogP contribution in [-0.2, 0) is 9.53 Å². The maximum absolute atomic E-state index is 11.1. The van der Waals surface area contributed by atoms with Crippen LogP contribution in [0.5, 0.6) is 0 Å². The predicted octanol–water partition coefficient (Wildman–Crippen LogP) is 2.42. The minimum absolute atomic E-state index is 0.273. The minimum Gasteiger partial charge on any atom is -0.467 e. The first-order chi connectivity index (χ1) is 6.63. The van der Waals surface area contributed by atoms with E-state index in [1.807, 2.05) is 24.3 Å². The number of hydrogen-bond donors (Lipinski definition) is 1. The Balaban J connectivity index is 2.64. The van der Waals surface area contributed by atoms with E-state index in [-0.39, 0.29) is 12.0 Å². The van der Waals surface area contributed by atoms with E-state index in [2.05, 4.69) is 26.0 Å². The Labute approximate surface area is 91.6 Å². The number of nitrogens with one attached hydrogen (secondary N) is 1. The van der Waals surface area contributed by atoms with E-state index in [0.717, 1.165) is 10.2 Å². The lowest BCUT2D eigenvalue weighted by atomic mass is 10.2. The first kappa shape index (κ1) is 11.0. The molecule has 76 valence electrons. The first-order valence-corrected chi connectivity index (χ1v) is 5.02. The van der Waals surface area contributed by atoms with Crippen LogP contribution in [0.4, 0.5) is 5.69 Å². The van der Waals surface area contributed by atoms with E-state index < -0.39 is 0 Å². The quantitative estimate of drug-likeness (QED) is 0.846. The van der Waals surface area contributed by atoms with Crippen LogP contribution in [-0.4, -0.2) is 19.1 Å². The van der Waals surface area contributed by atoms with Crippen LogP contribution in [0.25, 0.3) is 0 Å². The van der Waals surface area contributed by atoms with Gasteiger partial charge in [-0.25, -0.2) is 4.79 Å². The monoisotopic (exact) mass is 257 g/mol. The number of hydrogen-bond acceptors (Lipinski definition) is 3. The van der Waals surface area contributed by atoms with Gasteiger partial charge in [-0.15, -0.1) is 0 Å². The maximum Gasteiger partial charge on any atom is 0.327 e. The second kappa shape index (κ2) is 5.00. The fourth-order valence-corrected chi connectivity index (χ4v) is 1.46. The van der Waals surface area contributed by atoms with Gasteiger partial charge in [0, 0.05) is 10.2 Å². The Kier molecular flexibility index (Phi) is 3.95. The van der Waals surface area contributed by atoms with E-state index >= 15 is 0 Å². The molecule has 0 fully saturated rings. The molecule has 0 aliphatic rings. The summed E-state index contributed by atoms with van der Waals surface area (Å²) in [6.45, 7) is 1.76. The Morgan fingerprint density at radius 3 is 2.86 bits per heavy atom. The third kappa shape index (κ3) is 3.03. The summed E-state index contributed by atoms with van der Waals surface area (Å²) in [6.07, 6.45) is 0. The van der Waals surface area contributed by atoms with Gasteiger partial charge in [-0.05, 0) is 25.1 Å². The smallest absolute Gasteiger partial charge is 0.327 e. The highest BCUT2D eigenvalue weighted by atomic mass is 79.9. The normalized spacial score (nSPS) is 11.9. The number of esters is 1. The molecule has 1 atom stereocenters. The molecule has 0 unspecified atom stereocenters. The van der Waals surface area contributed by atoms with Crippen LogP contribution < -0.4 is 5.32 Å². The topological polar surface area (TPSA) is 38.3 Å². The summed E-state index contributed by atoms with van der Waals surface area (Å²) >= 11 is 3.35. The SMILES string of the molecule is COC(=O)[C@H](C)Nc1cccc(Br)c1. The molecule has 0 amide bonds. The molecule has 1 N–H and O–H groups in total. The molecule has 1 aromatic rings. The van der Waals surface area contributed by atoms with Crippen molar-refractivity contribution < 1.29 is 9.53 Å². The zero-order chi connectivity index (χ0) is 10.6. The second-order valence-corrected chi connectivity index (χ2v) is 3.82. The molecule has 4 heteroatoms. The highest BCUT2D eigenvalue weighted by molar-refractivity contribution is 9.10. The van der Waals surface area contributed by atoms with Gasteiger partial charge < -0.3 is 10.1 Å². The summed E-state index contributed by atoms with van der Waals surface area (Å²) in [4.78, 5) is 11.1. The van der Waals surface area contributed by atoms with E-state index in [1.54, 1.807) is 6.92 Å². The zero-order valence-corrected chi connectivity index (χ0v) is 9.67. The number of halogens is 1. The van der Waals surface area contributed by atoms with Gasteiger partial charge in [0.15, 0.2) is 0 Å². The lowest BCUT2D eigenvalue weighted by Crippen LogP contribution is -2.27. The molecule has 0 aromatic heterocycles. The average molecular weight is 258 g/mol. The van der Waals surface area contributed by atoms with Gasteiger partial charge >= 0.3 is 5.97 Å². The number of rotatable bonds is 3. The molecule has 0 aliphatic carbocycles.